The van der Waals surface area contributed by atoms with E-state index in [0.29, 0.717) is 24.3 Å². The molecule has 1 amide bonds. The highest BCUT2D eigenvalue weighted by Crippen LogP contribution is 2.26. The third kappa shape index (κ3) is 6.13. The van der Waals surface area contributed by atoms with Gasteiger partial charge in [-0.05, 0) is 43.7 Å². The Kier molecular flexibility index (Phi) is 8.81. The number of carbonyl (C=O) groups excluding carboxylic acids is 2. The molecule has 0 fully saturated rings. The van der Waals surface area contributed by atoms with Gasteiger partial charge in [0.1, 0.15) is 11.3 Å². The van der Waals surface area contributed by atoms with Gasteiger partial charge in [-0.1, -0.05) is 68.4 Å². The van der Waals surface area contributed by atoms with Crippen LogP contribution in [0.5, 0.6) is 0 Å². The molecule has 0 saturated heterocycles. The summed E-state index contributed by atoms with van der Waals surface area (Å²) in [4.78, 5) is 26.4. The zero-order chi connectivity index (χ0) is 28.9. The summed E-state index contributed by atoms with van der Waals surface area (Å²) >= 11 is 0. The van der Waals surface area contributed by atoms with Crippen LogP contribution in [-0.4, -0.2) is 53.6 Å². The molecule has 0 aliphatic heterocycles. The van der Waals surface area contributed by atoms with Gasteiger partial charge in [-0.15, -0.1) is 0 Å². The van der Waals surface area contributed by atoms with Crippen LogP contribution in [-0.2, 0) is 19.6 Å². The lowest BCUT2D eigenvalue weighted by Gasteiger charge is -2.20. The van der Waals surface area contributed by atoms with Crippen molar-refractivity contribution in [1.29, 1.82) is 0 Å². The number of carbonyl (C=O) groups is 2. The fraction of sp³-hybridized carbons (Fsp3) is 0.233. The first kappa shape index (κ1) is 28.7. The number of hydrogen-bond donors (Lipinski definition) is 1. The maximum Gasteiger partial charge on any atom is 0.342 e. The summed E-state index contributed by atoms with van der Waals surface area (Å²) < 4.78 is 34.6. The molecule has 1 heterocycles. The van der Waals surface area contributed by atoms with Crippen molar-refractivity contribution >= 4 is 27.6 Å². The average molecular weight is 561 g/mol. The highest BCUT2D eigenvalue weighted by atomic mass is 32.2. The lowest BCUT2D eigenvalue weighted by atomic mass is 10.1. The van der Waals surface area contributed by atoms with Crippen LogP contribution in [0.3, 0.4) is 0 Å². The molecule has 0 spiro atoms. The minimum absolute atomic E-state index is 0.111. The average Bonchev–Trinajstić information content (AvgIpc) is 3.41. The molecule has 0 aliphatic rings. The summed E-state index contributed by atoms with van der Waals surface area (Å²) in [5, 5.41) is 7.29. The van der Waals surface area contributed by atoms with E-state index in [9.17, 15) is 18.0 Å². The molecule has 0 saturated carbocycles. The van der Waals surface area contributed by atoms with E-state index in [1.807, 2.05) is 60.7 Å². The van der Waals surface area contributed by atoms with Crippen molar-refractivity contribution in [3.05, 3.63) is 96.2 Å². The predicted octanol–water partition coefficient (Wildman–Crippen LogP) is 5.06. The first-order chi connectivity index (χ1) is 19.1. The van der Waals surface area contributed by atoms with Crippen LogP contribution in [0.4, 0.5) is 5.69 Å². The number of rotatable bonds is 10. The quantitative estimate of drug-likeness (QED) is 0.272. The van der Waals surface area contributed by atoms with E-state index < -0.39 is 28.0 Å². The fourth-order valence-electron chi connectivity index (χ4n) is 4.23. The highest BCUT2D eigenvalue weighted by molar-refractivity contribution is 7.89. The molecule has 0 radical (unpaired) electrons. The van der Waals surface area contributed by atoms with Gasteiger partial charge >= 0.3 is 5.97 Å². The third-order valence-electron chi connectivity index (χ3n) is 6.43. The number of anilines is 1. The Morgan fingerprint density at radius 1 is 0.975 bits per heavy atom. The Bertz CT molecular complexity index is 1600. The van der Waals surface area contributed by atoms with Gasteiger partial charge in [0.15, 0.2) is 6.10 Å². The summed E-state index contributed by atoms with van der Waals surface area (Å²) in [5.41, 5.74) is 2.96. The van der Waals surface area contributed by atoms with E-state index in [2.05, 4.69) is 10.4 Å². The molecule has 4 aromatic rings. The SMILES string of the molecule is CCN(CC)S(=O)(=O)c1cc(NC(=O)[C@@H](C)OC(=O)c2cn(-c3ccccc3)nc2-c2ccccc2)ccc1C. The second-order valence-electron chi connectivity index (χ2n) is 9.14. The summed E-state index contributed by atoms with van der Waals surface area (Å²) in [6.45, 7) is 7.35. The number of amides is 1. The van der Waals surface area contributed by atoms with Crippen LogP contribution < -0.4 is 5.32 Å². The Hall–Kier alpha value is -4.28. The van der Waals surface area contributed by atoms with E-state index in [0.717, 1.165) is 11.3 Å². The van der Waals surface area contributed by atoms with Crippen molar-refractivity contribution in [2.75, 3.05) is 18.4 Å². The normalized spacial score (nSPS) is 12.2. The largest absolute Gasteiger partial charge is 0.449 e. The fourth-order valence-corrected chi connectivity index (χ4v) is 5.93. The minimum Gasteiger partial charge on any atom is -0.449 e. The van der Waals surface area contributed by atoms with E-state index in [4.69, 9.17) is 4.74 Å². The molecule has 0 unspecified atom stereocenters. The number of ether oxygens (including phenoxy) is 1. The molecule has 9 nitrogen and oxygen atoms in total. The molecule has 1 N–H and O–H groups in total. The Balaban J connectivity index is 1.55. The lowest BCUT2D eigenvalue weighted by molar-refractivity contribution is -0.123. The van der Waals surface area contributed by atoms with Crippen molar-refractivity contribution in [3.63, 3.8) is 0 Å². The summed E-state index contributed by atoms with van der Waals surface area (Å²) in [7, 11) is -3.73. The molecular weight excluding hydrogens is 528 g/mol. The van der Waals surface area contributed by atoms with Gasteiger partial charge in [0.05, 0.1) is 10.6 Å². The molecule has 0 bridgehead atoms. The molecule has 4 rings (SSSR count). The van der Waals surface area contributed by atoms with E-state index in [1.54, 1.807) is 43.8 Å². The summed E-state index contributed by atoms with van der Waals surface area (Å²) in [5.74, 6) is -1.31. The maximum atomic E-state index is 13.3. The molecule has 1 atom stereocenters. The number of esters is 1. The molecule has 208 valence electrons. The molecule has 40 heavy (non-hydrogen) atoms. The molecule has 1 aromatic heterocycles. The van der Waals surface area contributed by atoms with Crippen LogP contribution in [0.2, 0.25) is 0 Å². The van der Waals surface area contributed by atoms with Gasteiger partial charge in [0.2, 0.25) is 10.0 Å². The van der Waals surface area contributed by atoms with Crippen LogP contribution >= 0.6 is 0 Å². The summed E-state index contributed by atoms with van der Waals surface area (Å²) in [6.07, 6.45) is 0.412. The number of aromatic nitrogens is 2. The Labute approximate surface area is 234 Å². The monoisotopic (exact) mass is 560 g/mol. The van der Waals surface area contributed by atoms with Gasteiger partial charge in [-0.25, -0.2) is 17.9 Å². The van der Waals surface area contributed by atoms with Crippen molar-refractivity contribution in [3.8, 4) is 16.9 Å². The lowest BCUT2D eigenvalue weighted by Crippen LogP contribution is -2.32. The Morgan fingerprint density at radius 2 is 1.60 bits per heavy atom. The molecular formula is C30H32N4O5S. The number of nitrogens with one attached hydrogen (secondary N) is 1. The third-order valence-corrected chi connectivity index (χ3v) is 8.63. The number of aryl methyl sites for hydroxylation is 1. The van der Waals surface area contributed by atoms with Gasteiger partial charge in [-0.3, -0.25) is 4.79 Å². The molecule has 10 heteroatoms. The zero-order valence-electron chi connectivity index (χ0n) is 22.9. The van der Waals surface area contributed by atoms with Crippen LogP contribution in [0.1, 0.15) is 36.7 Å². The number of nitrogens with zero attached hydrogens (tertiary/aromatic N) is 3. The van der Waals surface area contributed by atoms with Crippen molar-refractivity contribution in [2.24, 2.45) is 0 Å². The minimum atomic E-state index is -3.73. The van der Waals surface area contributed by atoms with Gasteiger partial charge in [-0.2, -0.15) is 9.40 Å². The Morgan fingerprint density at radius 3 is 2.23 bits per heavy atom. The van der Waals surface area contributed by atoms with Crippen molar-refractivity contribution in [1.82, 2.24) is 14.1 Å². The van der Waals surface area contributed by atoms with Crippen LogP contribution in [0.15, 0.2) is 90.0 Å². The van der Waals surface area contributed by atoms with Crippen LogP contribution in [0.25, 0.3) is 16.9 Å². The topological polar surface area (TPSA) is 111 Å². The smallest absolute Gasteiger partial charge is 0.342 e. The number of sulfonamides is 1. The van der Waals surface area contributed by atoms with E-state index in [-0.39, 0.29) is 16.1 Å². The second kappa shape index (κ2) is 12.3. The van der Waals surface area contributed by atoms with Crippen LogP contribution in [0, 0.1) is 6.92 Å². The maximum absolute atomic E-state index is 13.3. The first-order valence-electron chi connectivity index (χ1n) is 13.0. The highest BCUT2D eigenvalue weighted by Gasteiger charge is 2.26. The standard InChI is InChI=1S/C30H32N4O5S/c1-5-33(6-2)40(37,38)27-19-24(18-17-21(27)3)31-29(35)22(4)39-30(36)26-20-34(25-15-11-8-12-16-25)32-28(26)23-13-9-7-10-14-23/h7-20,22H,5-6H2,1-4H3,(H,31,35)/t22-/m1/s1. The van der Waals surface area contributed by atoms with Gasteiger partial charge in [0, 0.05) is 30.5 Å². The van der Waals surface area contributed by atoms with Gasteiger partial charge in [0.25, 0.3) is 5.91 Å². The van der Waals surface area contributed by atoms with Crippen molar-refractivity contribution < 1.29 is 22.7 Å². The zero-order valence-corrected chi connectivity index (χ0v) is 23.7. The predicted molar refractivity (Wildman–Crippen MR) is 154 cm³/mol. The summed E-state index contributed by atoms with van der Waals surface area (Å²) in [6, 6.07) is 23.3. The van der Waals surface area contributed by atoms with E-state index in [1.165, 1.54) is 17.3 Å². The number of benzene rings is 3. The molecule has 3 aromatic carbocycles. The molecule has 0 aliphatic carbocycles. The second-order valence-corrected chi connectivity index (χ2v) is 11.1. The number of hydrogen-bond acceptors (Lipinski definition) is 6. The number of para-hydroxylation sites is 1. The van der Waals surface area contributed by atoms with Gasteiger partial charge < -0.3 is 10.1 Å². The van der Waals surface area contributed by atoms with Crippen molar-refractivity contribution in [2.45, 2.75) is 38.7 Å². The first-order valence-corrected chi connectivity index (χ1v) is 14.4. The van der Waals surface area contributed by atoms with E-state index >= 15 is 0 Å².